The Kier molecular flexibility index (Phi) is 7.80. The van der Waals surface area contributed by atoms with Crippen LogP contribution in [0.25, 0.3) is 17.2 Å². The molecule has 4 nitrogen and oxygen atoms in total. The number of fused-ring (bicyclic) bond motifs is 2. The van der Waals surface area contributed by atoms with E-state index in [1.165, 1.54) is 23.3 Å². The van der Waals surface area contributed by atoms with Crippen LogP contribution in [0.15, 0.2) is 84.6 Å². The lowest BCUT2D eigenvalue weighted by Crippen LogP contribution is -2.31. The summed E-state index contributed by atoms with van der Waals surface area (Å²) in [7, 11) is 1.71. The van der Waals surface area contributed by atoms with Crippen molar-refractivity contribution in [3.63, 3.8) is 0 Å². The highest BCUT2D eigenvalue weighted by molar-refractivity contribution is 6.10. The highest BCUT2D eigenvalue weighted by Crippen LogP contribution is 2.40. The molecular formula is C34H34FNO3. The van der Waals surface area contributed by atoms with Gasteiger partial charge in [-0.05, 0) is 95.9 Å². The Morgan fingerprint density at radius 2 is 2.05 bits per heavy atom. The molecule has 1 aliphatic carbocycles. The lowest BCUT2D eigenvalue weighted by molar-refractivity contribution is 0.104. The molecule has 0 radical (unpaired) electrons. The van der Waals surface area contributed by atoms with Crippen LogP contribution in [0.4, 0.5) is 4.39 Å². The monoisotopic (exact) mass is 523 g/mol. The van der Waals surface area contributed by atoms with E-state index in [1.54, 1.807) is 25.3 Å². The largest absolute Gasteiger partial charge is 0.496 e. The second kappa shape index (κ2) is 11.4. The third-order valence-corrected chi connectivity index (χ3v) is 7.85. The minimum atomic E-state index is -0.467. The molecule has 200 valence electrons. The Bertz CT molecular complexity index is 1470. The van der Waals surface area contributed by atoms with Crippen molar-refractivity contribution in [1.29, 1.82) is 0 Å². The number of allylic oxidation sites excluding steroid dienone is 5. The smallest absolute Gasteiger partial charge is 0.186 e. The fraction of sp³-hybridized carbons (Fsp3) is 0.265. The Hall–Kier alpha value is -3.96. The first-order valence-electron chi connectivity index (χ1n) is 13.4. The second-order valence-electron chi connectivity index (χ2n) is 10.1. The molecule has 2 aromatic carbocycles. The number of benzene rings is 2. The van der Waals surface area contributed by atoms with Gasteiger partial charge in [0.2, 0.25) is 0 Å². The van der Waals surface area contributed by atoms with Crippen LogP contribution in [0, 0.1) is 5.82 Å². The Labute approximate surface area is 229 Å². The standard InChI is InChI=1S/C34H34FNO3/c1-5-23-10-13-28-30(37)15-12-27-20-36-29(21(2)32(27)22(3)33(28)34(23)35)14-11-25-8-9-26(19-31(25)38-4)24-7-6-17-39-18-16-24/h5,7-10,12-13,15,19-20,29,36H,1,3,6,11,14,16-18H2,2,4H3/b15-12-. The molecular weight excluding hydrogens is 489 g/mol. The molecule has 1 unspecified atom stereocenters. The molecule has 3 aliphatic rings. The zero-order chi connectivity index (χ0) is 27.5. The van der Waals surface area contributed by atoms with Crippen molar-refractivity contribution >= 4 is 23.0 Å². The minimum Gasteiger partial charge on any atom is -0.496 e. The summed E-state index contributed by atoms with van der Waals surface area (Å²) in [5.41, 5.74) is 7.78. The number of rotatable bonds is 6. The van der Waals surface area contributed by atoms with Crippen molar-refractivity contribution in [2.75, 3.05) is 20.3 Å². The van der Waals surface area contributed by atoms with Gasteiger partial charge in [-0.1, -0.05) is 43.5 Å². The van der Waals surface area contributed by atoms with Gasteiger partial charge in [-0.2, -0.15) is 0 Å². The lowest BCUT2D eigenvalue weighted by Gasteiger charge is -2.30. The topological polar surface area (TPSA) is 47.6 Å². The average molecular weight is 524 g/mol. The summed E-state index contributed by atoms with van der Waals surface area (Å²) in [4.78, 5) is 12.8. The first kappa shape index (κ1) is 26.6. The molecule has 5 rings (SSSR count). The van der Waals surface area contributed by atoms with Crippen LogP contribution in [0.2, 0.25) is 0 Å². The number of methoxy groups -OCH3 is 1. The van der Waals surface area contributed by atoms with Gasteiger partial charge in [-0.15, -0.1) is 0 Å². The number of carbonyl (C=O) groups is 1. The maximum atomic E-state index is 15.5. The molecule has 2 aromatic rings. The molecule has 0 spiro atoms. The number of hydrogen-bond acceptors (Lipinski definition) is 4. The number of ether oxygens (including phenoxy) is 2. The second-order valence-corrected chi connectivity index (χ2v) is 10.1. The number of ketones is 1. The summed E-state index contributed by atoms with van der Waals surface area (Å²) in [5.74, 6) is 0.162. The zero-order valence-corrected chi connectivity index (χ0v) is 22.6. The predicted molar refractivity (Wildman–Crippen MR) is 156 cm³/mol. The van der Waals surface area contributed by atoms with Crippen LogP contribution in [-0.2, 0) is 11.2 Å². The third-order valence-electron chi connectivity index (χ3n) is 7.85. The number of aryl methyl sites for hydroxylation is 1. The lowest BCUT2D eigenvalue weighted by atomic mass is 9.80. The van der Waals surface area contributed by atoms with Gasteiger partial charge in [0.1, 0.15) is 11.6 Å². The van der Waals surface area contributed by atoms with Crippen LogP contribution in [-0.4, -0.2) is 32.1 Å². The molecule has 0 saturated carbocycles. The molecule has 0 amide bonds. The average Bonchev–Trinajstić information content (AvgIpc) is 3.24. The van der Waals surface area contributed by atoms with Crippen molar-refractivity contribution in [3.05, 3.63) is 118 Å². The van der Waals surface area contributed by atoms with Crippen molar-refractivity contribution in [2.45, 2.75) is 38.6 Å². The predicted octanol–water partition coefficient (Wildman–Crippen LogP) is 7.24. The van der Waals surface area contributed by atoms with E-state index in [4.69, 9.17) is 9.47 Å². The molecule has 0 saturated heterocycles. The highest BCUT2D eigenvalue weighted by atomic mass is 19.1. The highest BCUT2D eigenvalue weighted by Gasteiger charge is 2.28. The molecule has 0 bridgehead atoms. The van der Waals surface area contributed by atoms with Gasteiger partial charge in [0, 0.05) is 28.9 Å². The maximum Gasteiger partial charge on any atom is 0.186 e. The number of carbonyl (C=O) groups excluding carboxylic acids is 1. The van der Waals surface area contributed by atoms with Gasteiger partial charge >= 0.3 is 0 Å². The number of hydrogen-bond donors (Lipinski definition) is 1. The van der Waals surface area contributed by atoms with Crippen molar-refractivity contribution in [1.82, 2.24) is 5.32 Å². The summed E-state index contributed by atoms with van der Waals surface area (Å²) in [6.07, 6.45) is 12.3. The van der Waals surface area contributed by atoms with E-state index in [9.17, 15) is 4.79 Å². The Morgan fingerprint density at radius 3 is 2.85 bits per heavy atom. The van der Waals surface area contributed by atoms with E-state index in [1.807, 2.05) is 6.20 Å². The molecule has 2 heterocycles. The van der Waals surface area contributed by atoms with Gasteiger partial charge in [0.15, 0.2) is 5.78 Å². The third kappa shape index (κ3) is 5.19. The van der Waals surface area contributed by atoms with Crippen LogP contribution in [0.3, 0.4) is 0 Å². The van der Waals surface area contributed by atoms with Crippen LogP contribution >= 0.6 is 0 Å². The molecule has 39 heavy (non-hydrogen) atoms. The van der Waals surface area contributed by atoms with Crippen molar-refractivity contribution in [3.8, 4) is 5.75 Å². The van der Waals surface area contributed by atoms with Crippen LogP contribution in [0.1, 0.15) is 58.8 Å². The normalized spacial score (nSPS) is 19.9. The van der Waals surface area contributed by atoms with E-state index >= 15 is 4.39 Å². The fourth-order valence-corrected chi connectivity index (χ4v) is 5.68. The summed E-state index contributed by atoms with van der Waals surface area (Å²) in [6, 6.07) is 9.71. The quantitative estimate of drug-likeness (QED) is 0.434. The molecule has 0 aromatic heterocycles. The van der Waals surface area contributed by atoms with E-state index in [2.05, 4.69) is 49.7 Å². The molecule has 2 aliphatic heterocycles. The van der Waals surface area contributed by atoms with Crippen molar-refractivity contribution in [2.24, 2.45) is 0 Å². The summed E-state index contributed by atoms with van der Waals surface area (Å²) in [6.45, 7) is 11.6. The Balaban J connectivity index is 1.43. The van der Waals surface area contributed by atoms with Gasteiger partial charge in [0.05, 0.1) is 20.3 Å². The van der Waals surface area contributed by atoms with Crippen molar-refractivity contribution < 1.29 is 18.7 Å². The van der Waals surface area contributed by atoms with E-state index in [-0.39, 0.29) is 17.4 Å². The molecule has 1 N–H and O–H groups in total. The summed E-state index contributed by atoms with van der Waals surface area (Å²) < 4.78 is 26.9. The SMILES string of the molecule is C=Cc1ccc2c(c1F)C(=C)C1=C(C)C(CCc3ccc(C4=CCCOCC4)cc3OC)NC=C1/C=C\C2=O. The maximum absolute atomic E-state index is 15.5. The minimum absolute atomic E-state index is 0.0178. The number of halogens is 1. The molecule has 1 atom stereocenters. The number of dihydropyridines is 1. The number of nitrogens with one attached hydrogen (secondary N) is 1. The van der Waals surface area contributed by atoms with Gasteiger partial charge in [-0.25, -0.2) is 4.39 Å². The van der Waals surface area contributed by atoms with Gasteiger partial charge in [0.25, 0.3) is 0 Å². The zero-order valence-electron chi connectivity index (χ0n) is 22.6. The fourth-order valence-electron chi connectivity index (χ4n) is 5.68. The van der Waals surface area contributed by atoms with E-state index in [0.29, 0.717) is 16.7 Å². The van der Waals surface area contributed by atoms with Gasteiger partial charge < -0.3 is 14.8 Å². The van der Waals surface area contributed by atoms with Crippen LogP contribution < -0.4 is 10.1 Å². The van der Waals surface area contributed by atoms with E-state index in [0.717, 1.165) is 66.9 Å². The van der Waals surface area contributed by atoms with Gasteiger partial charge in [-0.3, -0.25) is 4.79 Å². The van der Waals surface area contributed by atoms with E-state index < -0.39 is 5.82 Å². The molecule has 0 fully saturated rings. The first-order chi connectivity index (χ1) is 18.9. The molecule has 5 heteroatoms. The summed E-state index contributed by atoms with van der Waals surface area (Å²) in [5, 5.41) is 3.49. The summed E-state index contributed by atoms with van der Waals surface area (Å²) >= 11 is 0. The van der Waals surface area contributed by atoms with Crippen LogP contribution in [0.5, 0.6) is 5.75 Å². The first-order valence-corrected chi connectivity index (χ1v) is 13.4. The Morgan fingerprint density at radius 1 is 1.21 bits per heavy atom.